The predicted molar refractivity (Wildman–Crippen MR) is 117 cm³/mol. The molecule has 0 spiro atoms. The SMILES string of the molecule is CC(C)(C)[C@@H]1Cc2c(cc(N3CCCC3)c3occc23)-c2cc(=O)c(C(=O)O)cn21. The minimum atomic E-state index is -1.18. The van der Waals surface area contributed by atoms with Crippen LogP contribution in [0.1, 0.15) is 55.6 Å². The molecule has 0 aliphatic carbocycles. The molecule has 4 heterocycles. The number of carboxylic acids is 1. The summed E-state index contributed by atoms with van der Waals surface area (Å²) < 4.78 is 7.93. The van der Waals surface area contributed by atoms with E-state index in [4.69, 9.17) is 4.42 Å². The predicted octanol–water partition coefficient (Wildman–Crippen LogP) is 4.70. The molecule has 2 aliphatic heterocycles. The van der Waals surface area contributed by atoms with E-state index in [-0.39, 0.29) is 17.0 Å². The third-order valence-corrected chi connectivity index (χ3v) is 6.59. The molecular weight excluding hydrogens is 380 g/mol. The Morgan fingerprint density at radius 3 is 2.60 bits per heavy atom. The van der Waals surface area contributed by atoms with Crippen molar-refractivity contribution in [2.75, 3.05) is 18.0 Å². The van der Waals surface area contributed by atoms with Gasteiger partial charge in [0.1, 0.15) is 5.56 Å². The molecule has 0 unspecified atom stereocenters. The Morgan fingerprint density at radius 2 is 1.93 bits per heavy atom. The monoisotopic (exact) mass is 406 g/mol. The van der Waals surface area contributed by atoms with Crippen molar-refractivity contribution in [2.45, 2.75) is 46.1 Å². The third kappa shape index (κ3) is 2.77. The van der Waals surface area contributed by atoms with Gasteiger partial charge in [-0.05, 0) is 42.4 Å². The van der Waals surface area contributed by atoms with Crippen LogP contribution in [0.2, 0.25) is 0 Å². The summed E-state index contributed by atoms with van der Waals surface area (Å²) in [6.07, 6.45) is 6.34. The Kier molecular flexibility index (Phi) is 4.10. The number of fused-ring (bicyclic) bond motifs is 5. The lowest BCUT2D eigenvalue weighted by Gasteiger charge is -2.39. The van der Waals surface area contributed by atoms with Crippen molar-refractivity contribution in [2.24, 2.45) is 5.41 Å². The summed E-state index contributed by atoms with van der Waals surface area (Å²) in [6.45, 7) is 8.43. The largest absolute Gasteiger partial charge is 0.477 e. The lowest BCUT2D eigenvalue weighted by molar-refractivity contribution is 0.0693. The molecule has 2 aromatic heterocycles. The van der Waals surface area contributed by atoms with E-state index in [1.807, 2.05) is 10.6 Å². The molecular formula is C24H26N2O4. The van der Waals surface area contributed by atoms with Crippen molar-refractivity contribution < 1.29 is 14.3 Å². The molecule has 30 heavy (non-hydrogen) atoms. The van der Waals surface area contributed by atoms with Crippen LogP contribution in [0.15, 0.2) is 39.9 Å². The first kappa shape index (κ1) is 19.0. The van der Waals surface area contributed by atoms with Gasteiger partial charge in [-0.2, -0.15) is 0 Å². The van der Waals surface area contributed by atoms with Crippen molar-refractivity contribution >= 4 is 22.6 Å². The molecule has 1 saturated heterocycles. The highest BCUT2D eigenvalue weighted by Gasteiger charge is 2.35. The molecule has 1 fully saturated rings. The smallest absolute Gasteiger partial charge is 0.341 e. The second-order valence-corrected chi connectivity index (χ2v) is 9.51. The summed E-state index contributed by atoms with van der Waals surface area (Å²) in [5.74, 6) is -1.18. The van der Waals surface area contributed by atoms with Gasteiger partial charge in [-0.1, -0.05) is 20.8 Å². The number of nitrogens with zero attached hydrogens (tertiary/aromatic N) is 2. The zero-order valence-electron chi connectivity index (χ0n) is 17.6. The van der Waals surface area contributed by atoms with Gasteiger partial charge < -0.3 is 19.0 Å². The van der Waals surface area contributed by atoms with E-state index in [0.717, 1.165) is 60.3 Å². The molecule has 3 aromatic rings. The van der Waals surface area contributed by atoms with Crippen LogP contribution in [0.4, 0.5) is 5.69 Å². The Hall–Kier alpha value is -3.02. The fourth-order valence-electron chi connectivity index (χ4n) is 5.02. The highest BCUT2D eigenvalue weighted by molar-refractivity contribution is 5.98. The number of aromatic carboxylic acids is 1. The lowest BCUT2D eigenvalue weighted by atomic mass is 9.78. The maximum absolute atomic E-state index is 12.6. The van der Waals surface area contributed by atoms with Crippen LogP contribution >= 0.6 is 0 Å². The normalized spacial score (nSPS) is 18.5. The van der Waals surface area contributed by atoms with Gasteiger partial charge in [-0.25, -0.2) is 4.79 Å². The minimum Gasteiger partial charge on any atom is -0.477 e. The summed E-state index contributed by atoms with van der Waals surface area (Å²) in [6, 6.07) is 5.68. The first-order valence-electron chi connectivity index (χ1n) is 10.5. The van der Waals surface area contributed by atoms with Crippen molar-refractivity contribution in [1.82, 2.24) is 4.57 Å². The number of benzene rings is 1. The molecule has 1 atom stereocenters. The number of carboxylic acid groups (broad SMARTS) is 1. The van der Waals surface area contributed by atoms with Gasteiger partial charge in [0.05, 0.1) is 17.6 Å². The average molecular weight is 406 g/mol. The van der Waals surface area contributed by atoms with Crippen molar-refractivity contribution in [1.29, 1.82) is 0 Å². The van der Waals surface area contributed by atoms with E-state index in [1.54, 1.807) is 6.26 Å². The summed E-state index contributed by atoms with van der Waals surface area (Å²) in [4.78, 5) is 26.6. The fraction of sp³-hybridized carbons (Fsp3) is 0.417. The van der Waals surface area contributed by atoms with E-state index in [2.05, 4.69) is 31.7 Å². The van der Waals surface area contributed by atoms with Crippen LogP contribution in [0.5, 0.6) is 0 Å². The van der Waals surface area contributed by atoms with Crippen molar-refractivity contribution in [3.8, 4) is 11.3 Å². The highest BCUT2D eigenvalue weighted by Crippen LogP contribution is 2.47. The Labute approximate surface area is 174 Å². The van der Waals surface area contributed by atoms with Gasteiger partial charge in [0.15, 0.2) is 11.0 Å². The molecule has 0 bridgehead atoms. The van der Waals surface area contributed by atoms with Gasteiger partial charge in [-0.3, -0.25) is 4.79 Å². The van der Waals surface area contributed by atoms with Crippen LogP contribution in [-0.2, 0) is 6.42 Å². The summed E-state index contributed by atoms with van der Waals surface area (Å²) in [7, 11) is 0. The maximum atomic E-state index is 12.6. The molecule has 1 aromatic carbocycles. The molecule has 1 N–H and O–H groups in total. The number of aromatic nitrogens is 1. The van der Waals surface area contributed by atoms with Crippen molar-refractivity contribution in [3.63, 3.8) is 0 Å². The zero-order chi connectivity index (χ0) is 21.2. The number of rotatable bonds is 2. The maximum Gasteiger partial charge on any atom is 0.341 e. The number of anilines is 1. The van der Waals surface area contributed by atoms with Crippen LogP contribution in [-0.4, -0.2) is 28.7 Å². The highest BCUT2D eigenvalue weighted by atomic mass is 16.4. The van der Waals surface area contributed by atoms with E-state index < -0.39 is 11.4 Å². The molecule has 0 radical (unpaired) electrons. The second-order valence-electron chi connectivity index (χ2n) is 9.51. The quantitative estimate of drug-likeness (QED) is 0.667. The standard InChI is InChI=1S/C24H26N2O4/c1-24(2,3)21-11-15-14-6-9-30-22(14)19(25-7-4-5-8-25)10-16(15)18-12-20(27)17(23(28)29)13-26(18)21/h6,9-10,12-13,21H,4-5,7-8,11H2,1-3H3,(H,28,29)/t21-/m0/s1. The first-order valence-corrected chi connectivity index (χ1v) is 10.5. The molecule has 156 valence electrons. The van der Waals surface area contributed by atoms with Gasteiger partial charge in [0, 0.05) is 42.3 Å². The first-order chi connectivity index (χ1) is 14.3. The zero-order valence-corrected chi connectivity index (χ0v) is 17.6. The van der Waals surface area contributed by atoms with Crippen molar-refractivity contribution in [3.05, 3.63) is 52.0 Å². The van der Waals surface area contributed by atoms with E-state index in [9.17, 15) is 14.7 Å². The number of carbonyl (C=O) groups is 1. The Balaban J connectivity index is 1.83. The second kappa shape index (κ2) is 6.49. The number of hydrogen-bond acceptors (Lipinski definition) is 4. The number of pyridine rings is 1. The van der Waals surface area contributed by atoms with E-state index in [0.29, 0.717) is 0 Å². The number of hydrogen-bond donors (Lipinski definition) is 1. The van der Waals surface area contributed by atoms with Crippen LogP contribution in [0.3, 0.4) is 0 Å². The molecule has 6 nitrogen and oxygen atoms in total. The Morgan fingerprint density at radius 1 is 1.20 bits per heavy atom. The van der Waals surface area contributed by atoms with Gasteiger partial charge in [0.25, 0.3) is 0 Å². The molecule has 0 amide bonds. The van der Waals surface area contributed by atoms with E-state index >= 15 is 0 Å². The van der Waals surface area contributed by atoms with Crippen LogP contribution in [0, 0.1) is 5.41 Å². The Bertz CT molecular complexity index is 1220. The minimum absolute atomic E-state index is 0.0226. The van der Waals surface area contributed by atoms with Crippen LogP contribution < -0.4 is 10.3 Å². The van der Waals surface area contributed by atoms with E-state index in [1.165, 1.54) is 17.8 Å². The summed E-state index contributed by atoms with van der Waals surface area (Å²) >= 11 is 0. The fourth-order valence-corrected chi connectivity index (χ4v) is 5.02. The van der Waals surface area contributed by atoms with Crippen LogP contribution in [0.25, 0.3) is 22.2 Å². The number of furan rings is 1. The topological polar surface area (TPSA) is 75.7 Å². The summed E-state index contributed by atoms with van der Waals surface area (Å²) in [5, 5.41) is 10.6. The van der Waals surface area contributed by atoms with Gasteiger partial charge >= 0.3 is 5.97 Å². The third-order valence-electron chi connectivity index (χ3n) is 6.59. The molecule has 5 rings (SSSR count). The van der Waals surface area contributed by atoms with Gasteiger partial charge in [-0.15, -0.1) is 0 Å². The average Bonchev–Trinajstić information content (AvgIpc) is 3.37. The molecule has 6 heteroatoms. The summed E-state index contributed by atoms with van der Waals surface area (Å²) in [5.41, 5.74) is 4.16. The molecule has 2 aliphatic rings. The lowest BCUT2D eigenvalue weighted by Crippen LogP contribution is -2.33. The van der Waals surface area contributed by atoms with Gasteiger partial charge in [0.2, 0.25) is 0 Å². The molecule has 0 saturated carbocycles.